The Bertz CT molecular complexity index is 853. The largest absolute Gasteiger partial charge is 0.310 e. The Morgan fingerprint density at radius 2 is 2.04 bits per heavy atom. The lowest BCUT2D eigenvalue weighted by Gasteiger charge is -2.09. The molecule has 0 spiro atoms. The van der Waals surface area contributed by atoms with Crippen LogP contribution in [-0.4, -0.2) is 25.0 Å². The summed E-state index contributed by atoms with van der Waals surface area (Å²) in [6, 6.07) is 11.9. The number of rotatable bonds is 6. The number of aromatic amines is 1. The molecule has 0 aliphatic carbocycles. The molecule has 24 heavy (non-hydrogen) atoms. The molecule has 0 fully saturated rings. The first kappa shape index (κ1) is 16.1. The van der Waals surface area contributed by atoms with Gasteiger partial charge in [-0.1, -0.05) is 42.5 Å². The van der Waals surface area contributed by atoms with Gasteiger partial charge in [-0.05, 0) is 24.8 Å². The van der Waals surface area contributed by atoms with E-state index >= 15 is 0 Å². The van der Waals surface area contributed by atoms with Crippen LogP contribution in [0.3, 0.4) is 0 Å². The molecule has 6 heteroatoms. The van der Waals surface area contributed by atoms with E-state index in [1.165, 1.54) is 11.6 Å². The fourth-order valence-electron chi connectivity index (χ4n) is 2.73. The highest BCUT2D eigenvalue weighted by atomic mass is 16.1. The molecule has 0 amide bonds. The van der Waals surface area contributed by atoms with Crippen LogP contribution in [0.4, 0.5) is 0 Å². The highest BCUT2D eigenvalue weighted by Crippen LogP contribution is 2.18. The summed E-state index contributed by atoms with van der Waals surface area (Å²) in [5.41, 5.74) is 2.88. The Hall–Kier alpha value is -2.76. The van der Waals surface area contributed by atoms with E-state index in [0.29, 0.717) is 24.7 Å². The third-order valence-corrected chi connectivity index (χ3v) is 3.97. The van der Waals surface area contributed by atoms with E-state index in [2.05, 4.69) is 51.5 Å². The van der Waals surface area contributed by atoms with E-state index in [-0.39, 0.29) is 5.56 Å². The smallest absolute Gasteiger partial charge is 0.251 e. The molecule has 3 aromatic rings. The first-order valence-corrected chi connectivity index (χ1v) is 8.11. The number of hydrogen-bond acceptors (Lipinski definition) is 4. The van der Waals surface area contributed by atoms with Crippen molar-refractivity contribution >= 4 is 0 Å². The van der Waals surface area contributed by atoms with E-state index in [0.717, 1.165) is 17.8 Å². The maximum atomic E-state index is 11.5. The van der Waals surface area contributed by atoms with Crippen LogP contribution in [0.1, 0.15) is 35.6 Å². The number of nitrogens with zero attached hydrogens (tertiary/aromatic N) is 4. The molecule has 6 nitrogen and oxygen atoms in total. The first-order valence-electron chi connectivity index (χ1n) is 8.11. The second-order valence-electron chi connectivity index (χ2n) is 6.07. The minimum Gasteiger partial charge on any atom is -0.310 e. The number of aromatic nitrogens is 5. The topological polar surface area (TPSA) is 76.5 Å². The number of H-pyrrole nitrogens is 1. The van der Waals surface area contributed by atoms with E-state index in [1.807, 2.05) is 19.2 Å². The molecule has 0 aliphatic rings. The Morgan fingerprint density at radius 1 is 1.25 bits per heavy atom. The van der Waals surface area contributed by atoms with Crippen molar-refractivity contribution in [2.45, 2.75) is 39.2 Å². The molecule has 2 aromatic heterocycles. The fraction of sp³-hybridized carbons (Fsp3) is 0.333. The quantitative estimate of drug-likeness (QED) is 0.755. The van der Waals surface area contributed by atoms with Gasteiger partial charge in [-0.15, -0.1) is 5.10 Å². The predicted octanol–water partition coefficient (Wildman–Crippen LogP) is 2.26. The van der Waals surface area contributed by atoms with Gasteiger partial charge in [0.2, 0.25) is 0 Å². The lowest BCUT2D eigenvalue weighted by Crippen LogP contribution is -2.13. The van der Waals surface area contributed by atoms with Crippen molar-refractivity contribution in [2.24, 2.45) is 0 Å². The molecule has 0 saturated carbocycles. The van der Waals surface area contributed by atoms with Gasteiger partial charge in [-0.2, -0.15) is 0 Å². The van der Waals surface area contributed by atoms with Crippen molar-refractivity contribution in [3.05, 3.63) is 75.7 Å². The zero-order chi connectivity index (χ0) is 16.9. The van der Waals surface area contributed by atoms with E-state index in [9.17, 15) is 4.79 Å². The average molecular weight is 323 g/mol. The average Bonchev–Trinajstić information content (AvgIpc) is 3.00. The highest BCUT2D eigenvalue weighted by Gasteiger charge is 2.09. The van der Waals surface area contributed by atoms with Crippen molar-refractivity contribution in [1.29, 1.82) is 0 Å². The van der Waals surface area contributed by atoms with Crippen LogP contribution in [0.25, 0.3) is 0 Å². The lowest BCUT2D eigenvalue weighted by molar-refractivity contribution is 0.575. The van der Waals surface area contributed by atoms with Gasteiger partial charge in [0.05, 0.1) is 5.69 Å². The standard InChI is InChI=1S/C18H21N5O/c1-13(15-6-4-3-5-7-15)10-16-12-23(22-21-16)9-8-17-19-14(2)11-18(24)20-17/h3-7,11-13H,8-10H2,1-2H3,(H,19,20,24). The van der Waals surface area contributed by atoms with Gasteiger partial charge in [-0.3, -0.25) is 9.48 Å². The summed E-state index contributed by atoms with van der Waals surface area (Å²) in [5, 5.41) is 8.42. The minimum atomic E-state index is -0.117. The second-order valence-corrected chi connectivity index (χ2v) is 6.07. The summed E-state index contributed by atoms with van der Waals surface area (Å²) >= 11 is 0. The van der Waals surface area contributed by atoms with E-state index < -0.39 is 0 Å². The first-order chi connectivity index (χ1) is 11.6. The molecule has 1 N–H and O–H groups in total. The van der Waals surface area contributed by atoms with Gasteiger partial charge in [0.1, 0.15) is 5.82 Å². The molecular weight excluding hydrogens is 302 g/mol. The molecule has 2 heterocycles. The van der Waals surface area contributed by atoms with Gasteiger partial charge in [0.15, 0.2) is 0 Å². The molecule has 1 aromatic carbocycles. The molecule has 1 unspecified atom stereocenters. The van der Waals surface area contributed by atoms with Gasteiger partial charge >= 0.3 is 0 Å². The van der Waals surface area contributed by atoms with Crippen LogP contribution in [0, 0.1) is 6.92 Å². The third-order valence-electron chi connectivity index (χ3n) is 3.97. The minimum absolute atomic E-state index is 0.117. The molecule has 0 radical (unpaired) electrons. The van der Waals surface area contributed by atoms with Crippen molar-refractivity contribution in [1.82, 2.24) is 25.0 Å². The number of benzene rings is 1. The summed E-state index contributed by atoms with van der Waals surface area (Å²) in [6.07, 6.45) is 3.44. The number of nitrogens with one attached hydrogen (secondary N) is 1. The summed E-state index contributed by atoms with van der Waals surface area (Å²) in [7, 11) is 0. The zero-order valence-electron chi connectivity index (χ0n) is 13.9. The van der Waals surface area contributed by atoms with E-state index in [1.54, 1.807) is 4.68 Å². The summed E-state index contributed by atoms with van der Waals surface area (Å²) in [5.74, 6) is 1.07. The molecule has 1 atom stereocenters. The summed E-state index contributed by atoms with van der Waals surface area (Å²) in [4.78, 5) is 18.5. The predicted molar refractivity (Wildman–Crippen MR) is 91.9 cm³/mol. The second kappa shape index (κ2) is 7.21. The van der Waals surface area contributed by atoms with Crippen LogP contribution in [0.15, 0.2) is 47.4 Å². The molecule has 0 aliphatic heterocycles. The third kappa shape index (κ3) is 4.16. The van der Waals surface area contributed by atoms with Crippen LogP contribution in [-0.2, 0) is 19.4 Å². The molecule has 3 rings (SSSR count). The van der Waals surface area contributed by atoms with Crippen molar-refractivity contribution < 1.29 is 0 Å². The van der Waals surface area contributed by atoms with Gasteiger partial charge in [0, 0.05) is 30.9 Å². The Labute approximate surface area is 140 Å². The molecule has 0 bridgehead atoms. The lowest BCUT2D eigenvalue weighted by atomic mass is 9.97. The van der Waals surface area contributed by atoms with Gasteiger partial charge in [0.25, 0.3) is 5.56 Å². The summed E-state index contributed by atoms with van der Waals surface area (Å²) < 4.78 is 1.80. The van der Waals surface area contributed by atoms with Crippen LogP contribution in [0.2, 0.25) is 0 Å². The molecule has 124 valence electrons. The maximum Gasteiger partial charge on any atom is 0.251 e. The van der Waals surface area contributed by atoms with Crippen LogP contribution >= 0.6 is 0 Å². The SMILES string of the molecule is Cc1cc(=O)[nH]c(CCn2cc(CC(C)c3ccccc3)nn2)n1. The van der Waals surface area contributed by atoms with Gasteiger partial charge in [-0.25, -0.2) is 4.98 Å². The Kier molecular flexibility index (Phi) is 4.84. The number of aryl methyl sites for hydroxylation is 3. The van der Waals surface area contributed by atoms with Crippen LogP contribution in [0.5, 0.6) is 0 Å². The number of hydrogen-bond donors (Lipinski definition) is 1. The molecule has 0 saturated heterocycles. The normalized spacial score (nSPS) is 12.2. The Balaban J connectivity index is 1.60. The van der Waals surface area contributed by atoms with E-state index in [4.69, 9.17) is 0 Å². The Morgan fingerprint density at radius 3 is 2.79 bits per heavy atom. The fourth-order valence-corrected chi connectivity index (χ4v) is 2.73. The van der Waals surface area contributed by atoms with Crippen molar-refractivity contribution in [2.75, 3.05) is 0 Å². The zero-order valence-corrected chi connectivity index (χ0v) is 13.9. The van der Waals surface area contributed by atoms with Crippen LogP contribution < -0.4 is 5.56 Å². The summed E-state index contributed by atoms with van der Waals surface area (Å²) in [6.45, 7) is 4.64. The van der Waals surface area contributed by atoms with Crippen molar-refractivity contribution in [3.63, 3.8) is 0 Å². The highest BCUT2D eigenvalue weighted by molar-refractivity contribution is 5.20. The molecular formula is C18H21N5O. The van der Waals surface area contributed by atoms with Crippen molar-refractivity contribution in [3.8, 4) is 0 Å². The van der Waals surface area contributed by atoms with Gasteiger partial charge < -0.3 is 4.98 Å². The monoisotopic (exact) mass is 323 g/mol. The maximum absolute atomic E-state index is 11.5.